The van der Waals surface area contributed by atoms with Crippen molar-refractivity contribution in [1.29, 1.82) is 0 Å². The van der Waals surface area contributed by atoms with Crippen molar-refractivity contribution in [3.8, 4) is 0 Å². The van der Waals surface area contributed by atoms with E-state index in [1.54, 1.807) is 37.4 Å². The lowest BCUT2D eigenvalue weighted by Crippen LogP contribution is -2.57. The van der Waals surface area contributed by atoms with Crippen LogP contribution in [0.2, 0.25) is 0 Å². The summed E-state index contributed by atoms with van der Waals surface area (Å²) >= 11 is 1.62. The van der Waals surface area contributed by atoms with Gasteiger partial charge in [-0.15, -0.1) is 0 Å². The molecular weight excluding hydrogens is 486 g/mol. The Morgan fingerprint density at radius 1 is 1.16 bits per heavy atom. The average Bonchev–Trinajstić information content (AvgIpc) is 2.78. The van der Waals surface area contributed by atoms with Crippen LogP contribution in [0.15, 0.2) is 18.2 Å². The van der Waals surface area contributed by atoms with Crippen LogP contribution in [-0.4, -0.2) is 59.0 Å². The van der Waals surface area contributed by atoms with Gasteiger partial charge < -0.3 is 20.3 Å². The molecule has 1 aromatic carbocycles. The Morgan fingerprint density at radius 3 is 2.43 bits per heavy atom. The number of carbonyl (C=O) groups excluding carboxylic acids is 3. The molecule has 1 aliphatic rings. The Morgan fingerprint density at radius 2 is 1.86 bits per heavy atom. The van der Waals surface area contributed by atoms with E-state index in [-0.39, 0.29) is 17.9 Å². The van der Waals surface area contributed by atoms with Crippen LogP contribution in [0, 0.1) is 13.8 Å². The zero-order valence-corrected chi connectivity index (χ0v) is 24.6. The summed E-state index contributed by atoms with van der Waals surface area (Å²) < 4.78 is 5.48. The third kappa shape index (κ3) is 9.24. The first kappa shape index (κ1) is 31.0. The molecule has 0 aliphatic heterocycles. The summed E-state index contributed by atoms with van der Waals surface area (Å²) in [6, 6.07) is 4.35. The number of alkyl carbamates (subject to hydrolysis) is 1. The second kappa shape index (κ2) is 14.6. The van der Waals surface area contributed by atoms with E-state index in [2.05, 4.69) is 17.6 Å². The standard InChI is InChI=1S/C29H47N3O4S/c1-8-9-10-18-30-26(33)25(23-16-11-13-20(2)21(23)3)32(22-14-12-15-22)27(34)24(17-19-37-7)31-28(35)36-29(4,5)6/h11,13,16,22,24-25H,8-10,12,14-15,17-19H2,1-7H3,(H,30,33)(H,31,35). The van der Waals surface area contributed by atoms with E-state index in [1.807, 2.05) is 38.3 Å². The van der Waals surface area contributed by atoms with Crippen molar-refractivity contribution in [2.45, 2.75) is 110 Å². The molecule has 3 amide bonds. The van der Waals surface area contributed by atoms with Crippen LogP contribution in [0.5, 0.6) is 0 Å². The SMILES string of the molecule is CCCCCNC(=O)C(c1cccc(C)c1C)N(C(=O)C(CCSC)NC(=O)OC(C)(C)C)C1CCC1. The molecule has 0 bridgehead atoms. The highest BCUT2D eigenvalue weighted by molar-refractivity contribution is 7.98. The van der Waals surface area contributed by atoms with Crippen LogP contribution in [0.1, 0.15) is 95.4 Å². The zero-order valence-electron chi connectivity index (χ0n) is 23.8. The van der Waals surface area contributed by atoms with Gasteiger partial charge >= 0.3 is 6.09 Å². The quantitative estimate of drug-likeness (QED) is 0.319. The third-order valence-electron chi connectivity index (χ3n) is 6.87. The van der Waals surface area contributed by atoms with Gasteiger partial charge in [0.25, 0.3) is 0 Å². The lowest BCUT2D eigenvalue weighted by molar-refractivity contribution is -0.147. The minimum atomic E-state index is -0.775. The number of thioether (sulfide) groups is 1. The van der Waals surface area contributed by atoms with E-state index in [0.717, 1.165) is 55.2 Å². The fourth-order valence-corrected chi connectivity index (χ4v) is 4.95. The molecule has 0 spiro atoms. The topological polar surface area (TPSA) is 87.7 Å². The number of benzene rings is 1. The molecule has 1 aromatic rings. The van der Waals surface area contributed by atoms with Crippen molar-refractivity contribution in [2.75, 3.05) is 18.6 Å². The molecule has 2 rings (SSSR count). The van der Waals surface area contributed by atoms with Crippen molar-refractivity contribution in [3.63, 3.8) is 0 Å². The Labute approximate surface area is 227 Å². The number of carbonyl (C=O) groups is 3. The van der Waals surface area contributed by atoms with Crippen LogP contribution in [0.3, 0.4) is 0 Å². The summed E-state index contributed by atoms with van der Waals surface area (Å²) in [5.74, 6) is 0.312. The van der Waals surface area contributed by atoms with Crippen LogP contribution < -0.4 is 10.6 Å². The first-order valence-electron chi connectivity index (χ1n) is 13.6. The van der Waals surface area contributed by atoms with E-state index in [4.69, 9.17) is 4.74 Å². The van der Waals surface area contributed by atoms with E-state index in [0.29, 0.717) is 18.7 Å². The van der Waals surface area contributed by atoms with E-state index in [1.165, 1.54) is 0 Å². The lowest BCUT2D eigenvalue weighted by Gasteiger charge is -2.44. The first-order chi connectivity index (χ1) is 17.5. The molecule has 1 fully saturated rings. The van der Waals surface area contributed by atoms with Gasteiger partial charge in [0.2, 0.25) is 11.8 Å². The zero-order chi connectivity index (χ0) is 27.6. The fraction of sp³-hybridized carbons (Fsp3) is 0.690. The number of ether oxygens (including phenoxy) is 1. The highest BCUT2D eigenvalue weighted by Gasteiger charge is 2.42. The lowest BCUT2D eigenvalue weighted by atomic mass is 9.86. The van der Waals surface area contributed by atoms with Crippen molar-refractivity contribution in [3.05, 3.63) is 34.9 Å². The van der Waals surface area contributed by atoms with E-state index in [9.17, 15) is 14.4 Å². The highest BCUT2D eigenvalue weighted by atomic mass is 32.2. The summed E-state index contributed by atoms with van der Waals surface area (Å²) in [5.41, 5.74) is 2.25. The molecule has 1 saturated carbocycles. The summed E-state index contributed by atoms with van der Waals surface area (Å²) in [6.07, 6.45) is 7.52. The van der Waals surface area contributed by atoms with Crippen LogP contribution in [0.25, 0.3) is 0 Å². The molecule has 37 heavy (non-hydrogen) atoms. The molecule has 1 aliphatic carbocycles. The Hall–Kier alpha value is -2.22. The van der Waals surface area contributed by atoms with Crippen LogP contribution >= 0.6 is 11.8 Å². The second-order valence-electron chi connectivity index (χ2n) is 11.0. The number of nitrogens with zero attached hydrogens (tertiary/aromatic N) is 1. The van der Waals surface area contributed by atoms with E-state index >= 15 is 0 Å². The van der Waals surface area contributed by atoms with Crippen molar-refractivity contribution in [1.82, 2.24) is 15.5 Å². The largest absolute Gasteiger partial charge is 0.444 e. The molecule has 2 N–H and O–H groups in total. The minimum Gasteiger partial charge on any atom is -0.444 e. The maximum atomic E-state index is 14.2. The number of rotatable bonds is 13. The summed E-state index contributed by atoms with van der Waals surface area (Å²) in [6.45, 7) is 12.1. The molecule has 0 heterocycles. The van der Waals surface area contributed by atoms with Gasteiger partial charge in [0, 0.05) is 12.6 Å². The molecule has 2 unspecified atom stereocenters. The summed E-state index contributed by atoms with van der Waals surface area (Å²) in [4.78, 5) is 42.5. The Balaban J connectivity index is 2.47. The van der Waals surface area contributed by atoms with E-state index < -0.39 is 23.8 Å². The maximum Gasteiger partial charge on any atom is 0.408 e. The molecule has 0 aromatic heterocycles. The van der Waals surface area contributed by atoms with Crippen molar-refractivity contribution < 1.29 is 19.1 Å². The van der Waals surface area contributed by atoms with Crippen molar-refractivity contribution >= 4 is 29.7 Å². The number of nitrogens with one attached hydrogen (secondary N) is 2. The predicted octanol–water partition coefficient (Wildman–Crippen LogP) is 5.68. The number of hydrogen-bond donors (Lipinski definition) is 2. The van der Waals surface area contributed by atoms with Gasteiger partial charge in [-0.25, -0.2) is 4.79 Å². The Bertz CT molecular complexity index is 911. The number of aryl methyl sites for hydroxylation is 1. The maximum absolute atomic E-state index is 14.2. The van der Waals surface area contributed by atoms with Gasteiger partial charge in [0.1, 0.15) is 17.7 Å². The van der Waals surface area contributed by atoms with Crippen molar-refractivity contribution in [2.24, 2.45) is 0 Å². The normalized spacial score (nSPS) is 15.3. The molecular formula is C29H47N3O4S. The average molecular weight is 534 g/mol. The van der Waals surface area contributed by atoms with Gasteiger partial charge in [-0.05, 0) is 95.4 Å². The van der Waals surface area contributed by atoms with Gasteiger partial charge in [0.05, 0.1) is 0 Å². The number of unbranched alkanes of at least 4 members (excludes halogenated alkanes) is 2. The first-order valence-corrected chi connectivity index (χ1v) is 15.0. The molecule has 0 radical (unpaired) electrons. The Kier molecular flexibility index (Phi) is 12.3. The third-order valence-corrected chi connectivity index (χ3v) is 7.51. The summed E-state index contributed by atoms with van der Waals surface area (Å²) in [5, 5.41) is 5.93. The molecule has 8 heteroatoms. The minimum absolute atomic E-state index is 0.0454. The van der Waals surface area contributed by atoms with Gasteiger partial charge in [0.15, 0.2) is 0 Å². The number of amides is 3. The smallest absolute Gasteiger partial charge is 0.408 e. The highest BCUT2D eigenvalue weighted by Crippen LogP contribution is 2.35. The molecule has 0 saturated heterocycles. The van der Waals surface area contributed by atoms with Gasteiger partial charge in [-0.3, -0.25) is 9.59 Å². The molecule has 7 nitrogen and oxygen atoms in total. The van der Waals surface area contributed by atoms with Crippen LogP contribution in [-0.2, 0) is 14.3 Å². The number of hydrogen-bond acceptors (Lipinski definition) is 5. The monoisotopic (exact) mass is 533 g/mol. The van der Waals surface area contributed by atoms with Crippen LogP contribution in [0.4, 0.5) is 4.79 Å². The second-order valence-corrected chi connectivity index (χ2v) is 12.0. The predicted molar refractivity (Wildman–Crippen MR) is 152 cm³/mol. The summed E-state index contributed by atoms with van der Waals surface area (Å²) in [7, 11) is 0. The van der Waals surface area contributed by atoms with Gasteiger partial charge in [-0.1, -0.05) is 38.0 Å². The van der Waals surface area contributed by atoms with Gasteiger partial charge in [-0.2, -0.15) is 11.8 Å². The molecule has 208 valence electrons. The fourth-order valence-electron chi connectivity index (χ4n) is 4.48. The molecule has 2 atom stereocenters.